The van der Waals surface area contributed by atoms with Crippen LogP contribution in [0.2, 0.25) is 0 Å². The second-order valence-corrected chi connectivity index (χ2v) is 5.52. The molecule has 16 heavy (non-hydrogen) atoms. The SMILES string of the molecule is CSCCCn1ncc2cc(Br)c(C)nc21. The largest absolute Gasteiger partial charge is 0.247 e. The third kappa shape index (κ3) is 2.40. The summed E-state index contributed by atoms with van der Waals surface area (Å²) in [6, 6.07) is 2.08. The molecular formula is C11H14BrN3S. The fourth-order valence-electron chi connectivity index (χ4n) is 1.59. The number of hydrogen-bond acceptors (Lipinski definition) is 3. The van der Waals surface area contributed by atoms with E-state index in [1.807, 2.05) is 29.6 Å². The van der Waals surface area contributed by atoms with Crippen molar-refractivity contribution in [2.75, 3.05) is 12.0 Å². The zero-order valence-electron chi connectivity index (χ0n) is 9.40. The number of nitrogens with zero attached hydrogens (tertiary/aromatic N) is 3. The Labute approximate surface area is 108 Å². The fraction of sp³-hybridized carbons (Fsp3) is 0.455. The molecule has 0 saturated heterocycles. The van der Waals surface area contributed by atoms with Gasteiger partial charge in [-0.1, -0.05) is 0 Å². The normalized spacial score (nSPS) is 11.2. The zero-order chi connectivity index (χ0) is 11.5. The van der Waals surface area contributed by atoms with Gasteiger partial charge in [0.05, 0.1) is 11.9 Å². The highest BCUT2D eigenvalue weighted by atomic mass is 79.9. The van der Waals surface area contributed by atoms with Crippen LogP contribution in [0.1, 0.15) is 12.1 Å². The number of hydrogen-bond donors (Lipinski definition) is 0. The minimum atomic E-state index is 0.943. The molecule has 0 atom stereocenters. The number of rotatable bonds is 4. The van der Waals surface area contributed by atoms with E-state index in [0.717, 1.165) is 39.9 Å². The number of halogens is 1. The van der Waals surface area contributed by atoms with E-state index in [1.54, 1.807) is 0 Å². The molecule has 0 saturated carbocycles. The van der Waals surface area contributed by atoms with Crippen molar-refractivity contribution in [1.29, 1.82) is 0 Å². The molecule has 0 bridgehead atoms. The maximum Gasteiger partial charge on any atom is 0.158 e. The van der Waals surface area contributed by atoms with Gasteiger partial charge in [-0.15, -0.1) is 0 Å². The molecule has 0 aliphatic rings. The summed E-state index contributed by atoms with van der Waals surface area (Å²) in [7, 11) is 0. The van der Waals surface area contributed by atoms with Crippen molar-refractivity contribution in [3.8, 4) is 0 Å². The van der Waals surface area contributed by atoms with Gasteiger partial charge in [0.15, 0.2) is 5.65 Å². The number of aromatic nitrogens is 3. The summed E-state index contributed by atoms with van der Waals surface area (Å²) < 4.78 is 3.04. The Morgan fingerprint density at radius 3 is 3.06 bits per heavy atom. The zero-order valence-corrected chi connectivity index (χ0v) is 11.8. The lowest BCUT2D eigenvalue weighted by Crippen LogP contribution is -2.02. The van der Waals surface area contributed by atoms with E-state index < -0.39 is 0 Å². The van der Waals surface area contributed by atoms with Crippen molar-refractivity contribution in [3.05, 3.63) is 22.4 Å². The summed E-state index contributed by atoms with van der Waals surface area (Å²) in [5.74, 6) is 1.16. The average molecular weight is 300 g/mol. The molecule has 0 amide bonds. The lowest BCUT2D eigenvalue weighted by atomic mass is 10.3. The van der Waals surface area contributed by atoms with Gasteiger partial charge in [0.25, 0.3) is 0 Å². The van der Waals surface area contributed by atoms with E-state index in [0.29, 0.717) is 0 Å². The van der Waals surface area contributed by atoms with Crippen molar-refractivity contribution in [1.82, 2.24) is 14.8 Å². The molecule has 2 aromatic heterocycles. The smallest absolute Gasteiger partial charge is 0.158 e. The maximum atomic E-state index is 4.56. The third-order valence-corrected chi connectivity index (χ3v) is 3.96. The first-order chi connectivity index (χ1) is 7.72. The van der Waals surface area contributed by atoms with Gasteiger partial charge in [-0.25, -0.2) is 9.67 Å². The summed E-state index contributed by atoms with van der Waals surface area (Å²) in [4.78, 5) is 4.56. The van der Waals surface area contributed by atoms with Crippen molar-refractivity contribution < 1.29 is 0 Å². The second kappa shape index (κ2) is 5.19. The van der Waals surface area contributed by atoms with Crippen LogP contribution in [-0.4, -0.2) is 26.8 Å². The Bertz CT molecular complexity index is 495. The molecule has 5 heteroatoms. The number of aryl methyl sites for hydroxylation is 2. The van der Waals surface area contributed by atoms with Gasteiger partial charge in [-0.3, -0.25) is 0 Å². The highest BCUT2D eigenvalue weighted by molar-refractivity contribution is 9.10. The summed E-state index contributed by atoms with van der Waals surface area (Å²) >= 11 is 5.35. The summed E-state index contributed by atoms with van der Waals surface area (Å²) in [6.07, 6.45) is 5.14. The fourth-order valence-corrected chi connectivity index (χ4v) is 2.35. The van der Waals surface area contributed by atoms with Crippen LogP contribution >= 0.6 is 27.7 Å². The number of fused-ring (bicyclic) bond motifs is 1. The van der Waals surface area contributed by atoms with Crippen molar-refractivity contribution >= 4 is 38.7 Å². The molecule has 0 aliphatic heterocycles. The Morgan fingerprint density at radius 2 is 2.31 bits per heavy atom. The first kappa shape index (κ1) is 11.9. The van der Waals surface area contributed by atoms with Gasteiger partial charge in [0.1, 0.15) is 0 Å². The second-order valence-electron chi connectivity index (χ2n) is 3.68. The Morgan fingerprint density at radius 1 is 1.50 bits per heavy atom. The summed E-state index contributed by atoms with van der Waals surface area (Å²) in [6.45, 7) is 2.95. The highest BCUT2D eigenvalue weighted by Gasteiger charge is 2.06. The molecule has 0 fully saturated rings. The van der Waals surface area contributed by atoms with Crippen molar-refractivity contribution in [2.24, 2.45) is 0 Å². The first-order valence-corrected chi connectivity index (χ1v) is 7.38. The molecule has 0 aromatic carbocycles. The minimum absolute atomic E-state index is 0.943. The van der Waals surface area contributed by atoms with E-state index in [2.05, 4.69) is 38.3 Å². The van der Waals surface area contributed by atoms with Gasteiger partial charge in [-0.2, -0.15) is 16.9 Å². The van der Waals surface area contributed by atoms with Crippen LogP contribution in [0.15, 0.2) is 16.7 Å². The summed E-state index contributed by atoms with van der Waals surface area (Å²) in [5, 5.41) is 5.47. The molecule has 0 unspecified atom stereocenters. The predicted molar refractivity (Wildman–Crippen MR) is 73.0 cm³/mol. The molecular weight excluding hydrogens is 286 g/mol. The van der Waals surface area contributed by atoms with Gasteiger partial charge < -0.3 is 0 Å². The van der Waals surface area contributed by atoms with Crippen LogP contribution in [0.25, 0.3) is 11.0 Å². The van der Waals surface area contributed by atoms with E-state index >= 15 is 0 Å². The molecule has 0 spiro atoms. The average Bonchev–Trinajstić information content (AvgIpc) is 2.63. The number of pyridine rings is 1. The molecule has 3 nitrogen and oxygen atoms in total. The van der Waals surface area contributed by atoms with Gasteiger partial charge in [0.2, 0.25) is 0 Å². The van der Waals surface area contributed by atoms with Crippen LogP contribution in [-0.2, 0) is 6.54 Å². The third-order valence-electron chi connectivity index (χ3n) is 2.46. The standard InChI is InChI=1S/C11H14BrN3S/c1-8-10(12)6-9-7-13-15(11(9)14-8)4-3-5-16-2/h6-7H,3-5H2,1-2H3. The van der Waals surface area contributed by atoms with Gasteiger partial charge in [-0.05, 0) is 47.3 Å². The van der Waals surface area contributed by atoms with Crippen LogP contribution in [0, 0.1) is 6.92 Å². The summed E-state index contributed by atoms with van der Waals surface area (Å²) in [5.41, 5.74) is 2.00. The molecule has 0 radical (unpaired) electrons. The molecule has 86 valence electrons. The molecule has 2 rings (SSSR count). The van der Waals surface area contributed by atoms with E-state index in [4.69, 9.17) is 0 Å². The first-order valence-electron chi connectivity index (χ1n) is 5.20. The predicted octanol–water partition coefficient (Wildman–Crippen LogP) is 3.26. The Kier molecular flexibility index (Phi) is 3.86. The topological polar surface area (TPSA) is 30.7 Å². The maximum absolute atomic E-state index is 4.56. The Balaban J connectivity index is 2.29. The lowest BCUT2D eigenvalue weighted by Gasteiger charge is -2.03. The monoisotopic (exact) mass is 299 g/mol. The minimum Gasteiger partial charge on any atom is -0.247 e. The van der Waals surface area contributed by atoms with Gasteiger partial charge >= 0.3 is 0 Å². The van der Waals surface area contributed by atoms with Crippen LogP contribution in [0.4, 0.5) is 0 Å². The van der Waals surface area contributed by atoms with E-state index in [9.17, 15) is 0 Å². The van der Waals surface area contributed by atoms with Crippen molar-refractivity contribution in [2.45, 2.75) is 19.9 Å². The number of thioether (sulfide) groups is 1. The molecule has 0 aliphatic carbocycles. The lowest BCUT2D eigenvalue weighted by molar-refractivity contribution is 0.620. The molecule has 2 aromatic rings. The molecule has 2 heterocycles. The Hall–Kier alpha value is -0.550. The van der Waals surface area contributed by atoms with Crippen LogP contribution < -0.4 is 0 Å². The quantitative estimate of drug-likeness (QED) is 0.812. The molecule has 0 N–H and O–H groups in total. The van der Waals surface area contributed by atoms with Crippen LogP contribution in [0.3, 0.4) is 0 Å². The van der Waals surface area contributed by atoms with Crippen molar-refractivity contribution in [3.63, 3.8) is 0 Å². The van der Waals surface area contributed by atoms with Gasteiger partial charge in [0, 0.05) is 16.4 Å². The van der Waals surface area contributed by atoms with E-state index in [1.165, 1.54) is 0 Å². The van der Waals surface area contributed by atoms with Crippen LogP contribution in [0.5, 0.6) is 0 Å². The highest BCUT2D eigenvalue weighted by Crippen LogP contribution is 2.20. The van der Waals surface area contributed by atoms with E-state index in [-0.39, 0.29) is 0 Å².